The number of nitrogens with zero attached hydrogens (tertiary/aromatic N) is 3. The van der Waals surface area contributed by atoms with Gasteiger partial charge < -0.3 is 21.7 Å². The second-order valence-corrected chi connectivity index (χ2v) is 6.33. The highest BCUT2D eigenvalue weighted by atomic mass is 19.1. The SMILES string of the molecule is CCCN(c1nc(Nc2cncc(F)c2)c(C(N)=O)cc1F)C1(N)CC1. The van der Waals surface area contributed by atoms with Crippen LogP contribution >= 0.6 is 0 Å². The molecule has 0 bridgehead atoms. The fraction of sp³-hybridized carbons (Fsp3) is 0.353. The molecule has 9 heteroatoms. The molecule has 2 heterocycles. The first-order valence-corrected chi connectivity index (χ1v) is 8.28. The molecular weight excluding hydrogens is 342 g/mol. The van der Waals surface area contributed by atoms with Gasteiger partial charge in [-0.1, -0.05) is 6.92 Å². The highest BCUT2D eigenvalue weighted by Crippen LogP contribution is 2.40. The molecule has 1 aliphatic rings. The molecule has 5 N–H and O–H groups in total. The van der Waals surface area contributed by atoms with Crippen LogP contribution < -0.4 is 21.7 Å². The Kier molecular flexibility index (Phi) is 4.73. The number of hydrogen-bond acceptors (Lipinski definition) is 6. The average molecular weight is 362 g/mol. The molecule has 0 saturated heterocycles. The van der Waals surface area contributed by atoms with Gasteiger partial charge >= 0.3 is 0 Å². The van der Waals surface area contributed by atoms with Crippen molar-refractivity contribution in [2.45, 2.75) is 31.8 Å². The quantitative estimate of drug-likeness (QED) is 0.652. The van der Waals surface area contributed by atoms with Crippen LogP contribution in [0.5, 0.6) is 0 Å². The highest BCUT2D eigenvalue weighted by Gasteiger charge is 2.45. The maximum Gasteiger partial charge on any atom is 0.252 e. The molecule has 1 saturated carbocycles. The maximum atomic E-state index is 14.7. The van der Waals surface area contributed by atoms with Crippen molar-refractivity contribution < 1.29 is 13.6 Å². The summed E-state index contributed by atoms with van der Waals surface area (Å²) in [6, 6.07) is 2.20. The summed E-state index contributed by atoms with van der Waals surface area (Å²) in [6.45, 7) is 2.46. The predicted molar refractivity (Wildman–Crippen MR) is 94.0 cm³/mol. The van der Waals surface area contributed by atoms with E-state index in [9.17, 15) is 13.6 Å². The number of hydrogen-bond donors (Lipinski definition) is 3. The molecular formula is C17H20F2N6O. The molecule has 138 valence electrons. The second-order valence-electron chi connectivity index (χ2n) is 6.33. The van der Waals surface area contributed by atoms with Gasteiger partial charge in [0.25, 0.3) is 5.91 Å². The van der Waals surface area contributed by atoms with E-state index in [0.717, 1.165) is 31.5 Å². The highest BCUT2D eigenvalue weighted by molar-refractivity contribution is 5.98. The molecule has 2 aromatic rings. The van der Waals surface area contributed by atoms with Gasteiger partial charge in [0.05, 0.1) is 29.3 Å². The largest absolute Gasteiger partial charge is 0.365 e. The molecule has 1 aliphatic carbocycles. The van der Waals surface area contributed by atoms with Gasteiger partial charge in [0, 0.05) is 12.6 Å². The first kappa shape index (κ1) is 18.0. The van der Waals surface area contributed by atoms with Crippen LogP contribution in [0.1, 0.15) is 36.5 Å². The number of rotatable bonds is 7. The zero-order valence-electron chi connectivity index (χ0n) is 14.3. The molecule has 1 amide bonds. The van der Waals surface area contributed by atoms with Gasteiger partial charge in [0.2, 0.25) is 0 Å². The van der Waals surface area contributed by atoms with Crippen LogP contribution in [0.3, 0.4) is 0 Å². The molecule has 7 nitrogen and oxygen atoms in total. The van der Waals surface area contributed by atoms with E-state index in [1.807, 2.05) is 6.92 Å². The summed E-state index contributed by atoms with van der Waals surface area (Å²) in [5, 5.41) is 2.78. The molecule has 0 aromatic carbocycles. The first-order chi connectivity index (χ1) is 12.3. The van der Waals surface area contributed by atoms with Gasteiger partial charge in [0.15, 0.2) is 11.6 Å². The second kappa shape index (κ2) is 6.83. The first-order valence-electron chi connectivity index (χ1n) is 8.28. The number of pyridine rings is 2. The number of primary amides is 1. The van der Waals surface area contributed by atoms with E-state index in [0.29, 0.717) is 6.54 Å². The van der Waals surface area contributed by atoms with Crippen molar-refractivity contribution in [3.63, 3.8) is 0 Å². The molecule has 1 fully saturated rings. The van der Waals surface area contributed by atoms with Gasteiger partial charge in [-0.05, 0) is 25.3 Å². The van der Waals surface area contributed by atoms with Crippen LogP contribution in [0.4, 0.5) is 26.1 Å². The lowest BCUT2D eigenvalue weighted by Crippen LogP contribution is -2.46. The lowest BCUT2D eigenvalue weighted by atomic mass is 10.2. The smallest absolute Gasteiger partial charge is 0.252 e. The maximum absolute atomic E-state index is 14.7. The summed E-state index contributed by atoms with van der Waals surface area (Å²) < 4.78 is 28.0. The van der Waals surface area contributed by atoms with E-state index in [2.05, 4.69) is 15.3 Å². The third-order valence-corrected chi connectivity index (χ3v) is 4.19. The average Bonchev–Trinajstić information content (AvgIpc) is 3.32. The van der Waals surface area contributed by atoms with E-state index >= 15 is 0 Å². The summed E-state index contributed by atoms with van der Waals surface area (Å²) in [5.74, 6) is -2.06. The summed E-state index contributed by atoms with van der Waals surface area (Å²) >= 11 is 0. The van der Waals surface area contributed by atoms with Gasteiger partial charge in [-0.25, -0.2) is 13.8 Å². The van der Waals surface area contributed by atoms with Gasteiger partial charge in [-0.2, -0.15) is 0 Å². The number of nitrogens with two attached hydrogens (primary N) is 2. The van der Waals surface area contributed by atoms with Crippen molar-refractivity contribution in [3.05, 3.63) is 41.7 Å². The Balaban J connectivity index is 2.05. The van der Waals surface area contributed by atoms with Crippen LogP contribution in [0.15, 0.2) is 24.5 Å². The summed E-state index contributed by atoms with van der Waals surface area (Å²) in [6.07, 6.45) is 4.59. The number of carbonyl (C=O) groups excluding carboxylic acids is 1. The third kappa shape index (κ3) is 3.57. The summed E-state index contributed by atoms with van der Waals surface area (Å²) in [4.78, 5) is 21.4. The number of amides is 1. The van der Waals surface area contributed by atoms with Crippen LogP contribution in [0.2, 0.25) is 0 Å². The molecule has 2 aromatic heterocycles. The van der Waals surface area contributed by atoms with Crippen molar-refractivity contribution in [2.24, 2.45) is 11.5 Å². The molecule has 0 spiro atoms. The van der Waals surface area contributed by atoms with Gasteiger partial charge in [-0.3, -0.25) is 9.78 Å². The van der Waals surface area contributed by atoms with Gasteiger partial charge in [-0.15, -0.1) is 0 Å². The number of carbonyl (C=O) groups is 1. The normalized spacial score (nSPS) is 14.8. The number of anilines is 3. The van der Waals surface area contributed by atoms with E-state index in [1.165, 1.54) is 12.3 Å². The predicted octanol–water partition coefficient (Wildman–Crippen LogP) is 2.26. The molecule has 0 radical (unpaired) electrons. The lowest BCUT2D eigenvalue weighted by Gasteiger charge is -2.30. The van der Waals surface area contributed by atoms with Crippen molar-refractivity contribution in [3.8, 4) is 0 Å². The van der Waals surface area contributed by atoms with Crippen molar-refractivity contribution in [2.75, 3.05) is 16.8 Å². The molecule has 0 unspecified atom stereocenters. The van der Waals surface area contributed by atoms with E-state index < -0.39 is 23.2 Å². The number of aromatic nitrogens is 2. The summed E-state index contributed by atoms with van der Waals surface area (Å²) in [5.41, 5.74) is 11.1. The topological polar surface area (TPSA) is 110 Å². The minimum atomic E-state index is -0.856. The third-order valence-electron chi connectivity index (χ3n) is 4.19. The zero-order chi connectivity index (χ0) is 18.9. The fourth-order valence-corrected chi connectivity index (χ4v) is 2.73. The number of halogens is 2. The van der Waals surface area contributed by atoms with Crippen LogP contribution in [0.25, 0.3) is 0 Å². The Hall–Kier alpha value is -2.81. The minimum Gasteiger partial charge on any atom is -0.365 e. The Morgan fingerprint density at radius 1 is 1.35 bits per heavy atom. The Labute approximate surface area is 149 Å². The molecule has 26 heavy (non-hydrogen) atoms. The van der Waals surface area contributed by atoms with E-state index in [-0.39, 0.29) is 22.9 Å². The van der Waals surface area contributed by atoms with E-state index in [4.69, 9.17) is 11.5 Å². The Morgan fingerprint density at radius 3 is 2.65 bits per heavy atom. The molecule has 0 atom stereocenters. The van der Waals surface area contributed by atoms with Crippen LogP contribution in [-0.4, -0.2) is 28.1 Å². The zero-order valence-corrected chi connectivity index (χ0v) is 14.3. The number of nitrogens with one attached hydrogen (secondary N) is 1. The van der Waals surface area contributed by atoms with Crippen molar-refractivity contribution in [1.29, 1.82) is 0 Å². The minimum absolute atomic E-state index is 0.0200. The lowest BCUT2D eigenvalue weighted by molar-refractivity contribution is 0.100. The Morgan fingerprint density at radius 2 is 2.08 bits per heavy atom. The van der Waals surface area contributed by atoms with Crippen LogP contribution in [0, 0.1) is 11.6 Å². The van der Waals surface area contributed by atoms with E-state index in [1.54, 1.807) is 4.90 Å². The fourth-order valence-electron chi connectivity index (χ4n) is 2.73. The molecule has 0 aliphatic heterocycles. The van der Waals surface area contributed by atoms with Crippen molar-refractivity contribution in [1.82, 2.24) is 9.97 Å². The van der Waals surface area contributed by atoms with Gasteiger partial charge in [0.1, 0.15) is 11.6 Å². The Bertz CT molecular complexity index is 840. The monoisotopic (exact) mass is 362 g/mol. The standard InChI is InChI=1S/C17H20F2N6O/c1-2-5-25(17(21)3-4-17)16-13(19)7-12(14(20)26)15(24-16)23-11-6-10(18)8-22-9-11/h6-9H,2-5,21H2,1H3,(H2,20,26)(H,23,24). The summed E-state index contributed by atoms with van der Waals surface area (Å²) in [7, 11) is 0. The van der Waals surface area contributed by atoms with Crippen molar-refractivity contribution >= 4 is 23.2 Å². The van der Waals surface area contributed by atoms with Crippen LogP contribution in [-0.2, 0) is 0 Å². The molecule has 3 rings (SSSR count).